The van der Waals surface area contributed by atoms with Crippen molar-refractivity contribution in [3.05, 3.63) is 108 Å². The third-order valence-corrected chi connectivity index (χ3v) is 5.53. The molecule has 3 aromatic carbocycles. The Balaban J connectivity index is 1.31. The molecule has 36 heavy (non-hydrogen) atoms. The first-order chi connectivity index (χ1) is 17.6. The molecule has 1 aromatic heterocycles. The van der Waals surface area contributed by atoms with E-state index in [0.29, 0.717) is 37.7 Å². The summed E-state index contributed by atoms with van der Waals surface area (Å²) in [5.74, 6) is 1.21. The Labute approximate surface area is 210 Å². The van der Waals surface area contributed by atoms with Gasteiger partial charge < -0.3 is 19.1 Å². The topological polar surface area (TPSA) is 94.2 Å². The van der Waals surface area contributed by atoms with E-state index in [0.717, 1.165) is 33.9 Å². The normalized spacial score (nSPS) is 11.3. The minimum atomic E-state index is -0.819. The Kier molecular flexibility index (Phi) is 8.48. The number of oxazole rings is 1. The molecule has 4 aromatic rings. The molecule has 0 amide bonds. The van der Waals surface area contributed by atoms with E-state index in [2.05, 4.69) is 10.1 Å². The molecular weight excluding hydrogens is 456 g/mol. The van der Waals surface area contributed by atoms with Crippen molar-refractivity contribution in [1.29, 1.82) is 0 Å². The van der Waals surface area contributed by atoms with Crippen molar-refractivity contribution >= 4 is 11.7 Å². The second-order valence-electron chi connectivity index (χ2n) is 8.25. The maximum absolute atomic E-state index is 10.9. The first-order valence-corrected chi connectivity index (χ1v) is 11.8. The molecule has 0 saturated heterocycles. The number of carbonyl (C=O) groups is 1. The van der Waals surface area contributed by atoms with Crippen LogP contribution in [0, 0.1) is 6.92 Å². The number of carboxylic acid groups (broad SMARTS) is 1. The summed E-state index contributed by atoms with van der Waals surface area (Å²) in [7, 11) is 0. The van der Waals surface area contributed by atoms with Crippen molar-refractivity contribution in [2.45, 2.75) is 39.4 Å². The molecule has 7 nitrogen and oxygen atoms in total. The Morgan fingerprint density at radius 2 is 1.61 bits per heavy atom. The molecule has 0 radical (unpaired) electrons. The highest BCUT2D eigenvalue weighted by atomic mass is 16.6. The number of hydrogen-bond donors (Lipinski definition) is 1. The van der Waals surface area contributed by atoms with Crippen molar-refractivity contribution < 1.29 is 23.9 Å². The van der Waals surface area contributed by atoms with Crippen molar-refractivity contribution in [3.8, 4) is 17.2 Å². The minimum Gasteiger partial charge on any atom is -0.487 e. The number of rotatable bonds is 12. The predicted molar refractivity (Wildman–Crippen MR) is 137 cm³/mol. The van der Waals surface area contributed by atoms with Gasteiger partial charge in [0.25, 0.3) is 0 Å². The summed E-state index contributed by atoms with van der Waals surface area (Å²) in [5.41, 5.74) is 4.27. The van der Waals surface area contributed by atoms with E-state index in [-0.39, 0.29) is 6.42 Å². The zero-order valence-electron chi connectivity index (χ0n) is 20.1. The minimum absolute atomic E-state index is 0.0920. The van der Waals surface area contributed by atoms with Crippen molar-refractivity contribution in [2.24, 2.45) is 5.16 Å². The van der Waals surface area contributed by atoms with E-state index >= 15 is 0 Å². The Morgan fingerprint density at radius 3 is 2.31 bits per heavy atom. The van der Waals surface area contributed by atoms with Crippen LogP contribution >= 0.6 is 0 Å². The van der Waals surface area contributed by atoms with E-state index in [1.54, 1.807) is 0 Å². The molecule has 1 N–H and O–H groups in total. The van der Waals surface area contributed by atoms with Crippen LogP contribution in [0.3, 0.4) is 0 Å². The van der Waals surface area contributed by atoms with Gasteiger partial charge in [0.1, 0.15) is 30.4 Å². The third-order valence-electron chi connectivity index (χ3n) is 5.53. The fraction of sp³-hybridized carbons (Fsp3) is 0.207. The average Bonchev–Trinajstić information content (AvgIpc) is 3.28. The fourth-order valence-electron chi connectivity index (χ4n) is 3.56. The zero-order chi connectivity index (χ0) is 25.2. The Hall–Kier alpha value is -4.39. The lowest BCUT2D eigenvalue weighted by Gasteiger charge is -2.08. The molecule has 0 fully saturated rings. The number of benzene rings is 3. The molecule has 0 saturated carbocycles. The summed E-state index contributed by atoms with van der Waals surface area (Å²) >= 11 is 0. The molecule has 184 valence electrons. The Morgan fingerprint density at radius 1 is 0.917 bits per heavy atom. The summed E-state index contributed by atoms with van der Waals surface area (Å²) < 4.78 is 11.7. The van der Waals surface area contributed by atoms with Gasteiger partial charge in [-0.15, -0.1) is 0 Å². The van der Waals surface area contributed by atoms with Gasteiger partial charge in [-0.05, 0) is 55.2 Å². The van der Waals surface area contributed by atoms with Crippen LogP contribution in [0.15, 0.2) is 94.5 Å². The SMILES string of the molecule is Cc1oc(-c2ccccc2)nc1COc1ccc(CO/N=C(/CCCC(=O)O)c2ccccc2)cc1. The molecule has 0 aliphatic heterocycles. The number of hydrogen-bond acceptors (Lipinski definition) is 6. The highest BCUT2D eigenvalue weighted by molar-refractivity contribution is 6.00. The molecule has 0 bridgehead atoms. The van der Waals surface area contributed by atoms with Crippen LogP contribution in [0.5, 0.6) is 5.75 Å². The lowest BCUT2D eigenvalue weighted by molar-refractivity contribution is -0.137. The quantitative estimate of drug-likeness (QED) is 0.185. The van der Waals surface area contributed by atoms with Gasteiger partial charge in [-0.1, -0.05) is 65.8 Å². The average molecular weight is 485 g/mol. The highest BCUT2D eigenvalue weighted by Crippen LogP contribution is 2.23. The van der Waals surface area contributed by atoms with E-state index < -0.39 is 5.97 Å². The Bertz CT molecular complexity index is 1280. The van der Waals surface area contributed by atoms with Crippen LogP contribution in [0.2, 0.25) is 0 Å². The van der Waals surface area contributed by atoms with Crippen molar-refractivity contribution in [2.75, 3.05) is 0 Å². The van der Waals surface area contributed by atoms with Crippen LogP contribution in [0.25, 0.3) is 11.5 Å². The maximum Gasteiger partial charge on any atom is 0.303 e. The summed E-state index contributed by atoms with van der Waals surface area (Å²) in [4.78, 5) is 21.0. The van der Waals surface area contributed by atoms with Crippen LogP contribution in [-0.2, 0) is 22.8 Å². The molecule has 0 aliphatic carbocycles. The standard InChI is InChI=1S/C29H28N2O5/c1-21-27(30-29(36-21)24-11-6-3-7-12-24)20-34-25-17-15-22(16-18-25)19-35-31-26(13-8-14-28(32)33)23-9-4-2-5-10-23/h2-7,9-12,15-18H,8,13-14,19-20H2,1H3,(H,32,33)/b31-26-. The number of aryl methyl sites for hydroxylation is 1. The molecule has 0 atom stereocenters. The summed E-state index contributed by atoms with van der Waals surface area (Å²) in [6.07, 6.45) is 1.11. The number of nitrogens with zero attached hydrogens (tertiary/aromatic N) is 2. The van der Waals surface area contributed by atoms with Crippen LogP contribution in [-0.4, -0.2) is 21.8 Å². The van der Waals surface area contributed by atoms with Gasteiger partial charge in [0, 0.05) is 12.0 Å². The first kappa shape index (κ1) is 24.7. The van der Waals surface area contributed by atoms with E-state index in [9.17, 15) is 4.79 Å². The summed E-state index contributed by atoms with van der Waals surface area (Å²) in [6, 6.07) is 27.0. The second kappa shape index (κ2) is 12.4. The van der Waals surface area contributed by atoms with E-state index in [4.69, 9.17) is 19.1 Å². The van der Waals surface area contributed by atoms with Crippen molar-refractivity contribution in [3.63, 3.8) is 0 Å². The third kappa shape index (κ3) is 7.06. The van der Waals surface area contributed by atoms with Crippen LogP contribution in [0.4, 0.5) is 0 Å². The van der Waals surface area contributed by atoms with Gasteiger partial charge in [-0.25, -0.2) is 4.98 Å². The lowest BCUT2D eigenvalue weighted by atomic mass is 10.0. The van der Waals surface area contributed by atoms with Crippen molar-refractivity contribution in [1.82, 2.24) is 4.98 Å². The smallest absolute Gasteiger partial charge is 0.303 e. The molecule has 0 aliphatic rings. The summed E-state index contributed by atoms with van der Waals surface area (Å²) in [6.45, 7) is 2.47. The largest absolute Gasteiger partial charge is 0.487 e. The van der Waals surface area contributed by atoms with Gasteiger partial charge in [0.2, 0.25) is 5.89 Å². The highest BCUT2D eigenvalue weighted by Gasteiger charge is 2.12. The molecule has 4 rings (SSSR count). The number of oxime groups is 1. The van der Waals surface area contributed by atoms with Gasteiger partial charge in [-0.3, -0.25) is 4.79 Å². The van der Waals surface area contributed by atoms with Gasteiger partial charge in [-0.2, -0.15) is 0 Å². The van der Waals surface area contributed by atoms with E-state index in [1.807, 2.05) is 91.9 Å². The zero-order valence-corrected chi connectivity index (χ0v) is 20.1. The van der Waals surface area contributed by atoms with Crippen LogP contribution in [0.1, 0.15) is 41.8 Å². The van der Waals surface area contributed by atoms with Gasteiger partial charge in [0.05, 0.1) is 5.71 Å². The maximum atomic E-state index is 10.9. The molecule has 0 spiro atoms. The van der Waals surface area contributed by atoms with Gasteiger partial charge >= 0.3 is 5.97 Å². The fourth-order valence-corrected chi connectivity index (χ4v) is 3.56. The van der Waals surface area contributed by atoms with E-state index in [1.165, 1.54) is 0 Å². The number of aliphatic carboxylic acids is 1. The number of carboxylic acids is 1. The van der Waals surface area contributed by atoms with Gasteiger partial charge in [0.15, 0.2) is 0 Å². The molecule has 7 heteroatoms. The molecule has 1 heterocycles. The molecular formula is C29H28N2O5. The number of ether oxygens (including phenoxy) is 1. The predicted octanol–water partition coefficient (Wildman–Crippen LogP) is 6.40. The summed E-state index contributed by atoms with van der Waals surface area (Å²) in [5, 5.41) is 13.2. The molecule has 0 unspecified atom stereocenters. The second-order valence-corrected chi connectivity index (χ2v) is 8.25. The monoisotopic (exact) mass is 484 g/mol. The van der Waals surface area contributed by atoms with Crippen LogP contribution < -0.4 is 4.74 Å². The number of aromatic nitrogens is 1. The first-order valence-electron chi connectivity index (χ1n) is 11.8. The lowest BCUT2D eigenvalue weighted by Crippen LogP contribution is -2.04.